The Hall–Kier alpha value is -4.77. The van der Waals surface area contributed by atoms with Crippen LogP contribution in [0.3, 0.4) is 0 Å². The first-order valence-electron chi connectivity index (χ1n) is 13.3. The van der Waals surface area contributed by atoms with Gasteiger partial charge in [-0.25, -0.2) is 4.98 Å². The number of benzene rings is 3. The van der Waals surface area contributed by atoms with Crippen molar-refractivity contribution in [2.45, 2.75) is 27.2 Å². The molecular formula is C34H30N4O. The number of fused-ring (bicyclic) bond motifs is 4. The molecule has 3 aromatic carbocycles. The van der Waals surface area contributed by atoms with Crippen molar-refractivity contribution in [3.05, 3.63) is 125 Å². The number of rotatable bonds is 4. The summed E-state index contributed by atoms with van der Waals surface area (Å²) in [5.41, 5.74) is 9.54. The second-order valence-corrected chi connectivity index (χ2v) is 10.5. The quantitative estimate of drug-likeness (QED) is 0.244. The van der Waals surface area contributed by atoms with Crippen LogP contribution in [0, 0.1) is 20.8 Å². The van der Waals surface area contributed by atoms with Gasteiger partial charge in [0, 0.05) is 42.3 Å². The van der Waals surface area contributed by atoms with Crippen molar-refractivity contribution in [2.24, 2.45) is 0 Å². The standard InChI is InChI=1S/C34H30N4O/c1-22-14-15-35-33(18-22)38-32-20-28(12-13-29(32)30-17-23(2)16-24(3)34(30)38)39-27-10-7-9-26(19-27)37-21-25-8-5-6-11-31(25)36(37)4/h5-7,9-21H,8H2,1-4H3. The van der Waals surface area contributed by atoms with E-state index in [2.05, 4.69) is 115 Å². The Morgan fingerprint density at radius 3 is 2.56 bits per heavy atom. The number of allylic oxidation sites excluding steroid dienone is 4. The Labute approximate surface area is 228 Å². The summed E-state index contributed by atoms with van der Waals surface area (Å²) in [4.78, 5) is 4.75. The molecule has 0 N–H and O–H groups in total. The topological polar surface area (TPSA) is 33.5 Å². The summed E-state index contributed by atoms with van der Waals surface area (Å²) in [7, 11) is 2.10. The van der Waals surface area contributed by atoms with Gasteiger partial charge in [-0.05, 0) is 92.4 Å². The van der Waals surface area contributed by atoms with E-state index in [1.54, 1.807) is 0 Å². The van der Waals surface area contributed by atoms with Crippen molar-refractivity contribution in [1.82, 2.24) is 14.6 Å². The van der Waals surface area contributed by atoms with Gasteiger partial charge >= 0.3 is 0 Å². The van der Waals surface area contributed by atoms with E-state index >= 15 is 0 Å². The molecule has 7 rings (SSSR count). The second-order valence-electron chi connectivity index (χ2n) is 10.5. The van der Waals surface area contributed by atoms with Crippen molar-refractivity contribution in [1.29, 1.82) is 0 Å². The van der Waals surface area contributed by atoms with Gasteiger partial charge in [-0.3, -0.25) is 14.6 Å². The number of hydrogen-bond acceptors (Lipinski definition) is 4. The van der Waals surface area contributed by atoms with Crippen LogP contribution in [-0.2, 0) is 0 Å². The van der Waals surface area contributed by atoms with E-state index in [1.807, 2.05) is 24.4 Å². The Bertz CT molecular complexity index is 1870. The zero-order valence-corrected chi connectivity index (χ0v) is 22.6. The third kappa shape index (κ3) is 3.89. The molecule has 2 aromatic heterocycles. The summed E-state index contributed by atoms with van der Waals surface area (Å²) in [6.07, 6.45) is 11.5. The number of ether oxygens (including phenoxy) is 1. The van der Waals surface area contributed by atoms with Crippen molar-refractivity contribution in [3.63, 3.8) is 0 Å². The monoisotopic (exact) mass is 510 g/mol. The molecule has 39 heavy (non-hydrogen) atoms. The number of pyridine rings is 1. The molecule has 0 bridgehead atoms. The summed E-state index contributed by atoms with van der Waals surface area (Å²) in [5, 5.41) is 6.78. The van der Waals surface area contributed by atoms with Crippen LogP contribution in [0.4, 0.5) is 5.69 Å². The van der Waals surface area contributed by atoms with Crippen molar-refractivity contribution in [3.8, 4) is 17.3 Å². The van der Waals surface area contributed by atoms with E-state index in [4.69, 9.17) is 9.72 Å². The second kappa shape index (κ2) is 8.91. The molecule has 0 saturated heterocycles. The van der Waals surface area contributed by atoms with Crippen LogP contribution in [-0.4, -0.2) is 21.6 Å². The van der Waals surface area contributed by atoms with Crippen LogP contribution in [0.2, 0.25) is 0 Å². The van der Waals surface area contributed by atoms with Crippen LogP contribution in [0.15, 0.2) is 109 Å². The number of hydrazine groups is 1. The zero-order chi connectivity index (χ0) is 26.7. The minimum atomic E-state index is 0.791. The van der Waals surface area contributed by atoms with E-state index in [-0.39, 0.29) is 0 Å². The van der Waals surface area contributed by atoms with Crippen LogP contribution in [0.5, 0.6) is 11.5 Å². The van der Waals surface area contributed by atoms with Crippen LogP contribution < -0.4 is 9.75 Å². The molecule has 0 radical (unpaired) electrons. The number of aryl methyl sites for hydroxylation is 3. The number of nitrogens with zero attached hydrogens (tertiary/aromatic N) is 4. The normalized spacial score (nSPS) is 14.7. The minimum Gasteiger partial charge on any atom is -0.457 e. The Morgan fingerprint density at radius 1 is 0.846 bits per heavy atom. The molecule has 2 aliphatic rings. The average Bonchev–Trinajstić information content (AvgIpc) is 3.44. The highest BCUT2D eigenvalue weighted by Gasteiger charge is 2.25. The third-order valence-electron chi connectivity index (χ3n) is 7.62. The van der Waals surface area contributed by atoms with Crippen LogP contribution in [0.1, 0.15) is 23.1 Å². The Morgan fingerprint density at radius 2 is 1.72 bits per heavy atom. The smallest absolute Gasteiger partial charge is 0.137 e. The molecule has 1 aliphatic heterocycles. The highest BCUT2D eigenvalue weighted by atomic mass is 16.5. The molecular weight excluding hydrogens is 480 g/mol. The predicted octanol–water partition coefficient (Wildman–Crippen LogP) is 8.29. The van der Waals surface area contributed by atoms with Gasteiger partial charge < -0.3 is 4.74 Å². The molecule has 5 heteroatoms. The van der Waals surface area contributed by atoms with Crippen molar-refractivity contribution >= 4 is 27.5 Å². The first-order chi connectivity index (χ1) is 19.0. The summed E-state index contributed by atoms with van der Waals surface area (Å²) in [6, 6.07) is 23.3. The molecule has 5 aromatic rings. The van der Waals surface area contributed by atoms with Crippen LogP contribution >= 0.6 is 0 Å². The third-order valence-corrected chi connectivity index (χ3v) is 7.62. The fraction of sp³-hybridized carbons (Fsp3) is 0.147. The highest BCUT2D eigenvalue weighted by Crippen LogP contribution is 2.38. The van der Waals surface area contributed by atoms with E-state index in [9.17, 15) is 0 Å². The lowest BCUT2D eigenvalue weighted by atomic mass is 10.1. The van der Waals surface area contributed by atoms with Gasteiger partial charge in [0.15, 0.2) is 0 Å². The van der Waals surface area contributed by atoms with E-state index in [0.29, 0.717) is 0 Å². The van der Waals surface area contributed by atoms with E-state index in [0.717, 1.165) is 34.9 Å². The van der Waals surface area contributed by atoms with Gasteiger partial charge in [-0.15, -0.1) is 0 Å². The molecule has 1 aliphatic carbocycles. The minimum absolute atomic E-state index is 0.791. The number of aromatic nitrogens is 2. The van der Waals surface area contributed by atoms with Gasteiger partial charge in [0.25, 0.3) is 0 Å². The summed E-state index contributed by atoms with van der Waals surface area (Å²) < 4.78 is 8.75. The van der Waals surface area contributed by atoms with Gasteiger partial charge in [0.2, 0.25) is 0 Å². The molecule has 192 valence electrons. The number of hydrogen-bond donors (Lipinski definition) is 0. The zero-order valence-electron chi connectivity index (χ0n) is 22.6. The average molecular weight is 511 g/mol. The van der Waals surface area contributed by atoms with Gasteiger partial charge in [0.1, 0.15) is 17.3 Å². The molecule has 0 amide bonds. The molecule has 0 fully saturated rings. The highest BCUT2D eigenvalue weighted by molar-refractivity contribution is 6.10. The summed E-state index contributed by atoms with van der Waals surface area (Å²) >= 11 is 0. The first kappa shape index (κ1) is 23.4. The molecule has 0 spiro atoms. The Balaban J connectivity index is 1.31. The summed E-state index contributed by atoms with van der Waals surface area (Å²) in [6.45, 7) is 6.43. The van der Waals surface area contributed by atoms with Crippen molar-refractivity contribution < 1.29 is 4.74 Å². The van der Waals surface area contributed by atoms with E-state index < -0.39 is 0 Å². The lowest BCUT2D eigenvalue weighted by molar-refractivity contribution is 0.449. The maximum atomic E-state index is 6.48. The van der Waals surface area contributed by atoms with Gasteiger partial charge in [-0.1, -0.05) is 29.8 Å². The van der Waals surface area contributed by atoms with Crippen LogP contribution in [0.25, 0.3) is 27.6 Å². The maximum absolute atomic E-state index is 6.48. The number of anilines is 1. The van der Waals surface area contributed by atoms with Gasteiger partial charge in [-0.2, -0.15) is 0 Å². The van der Waals surface area contributed by atoms with E-state index in [1.165, 1.54) is 44.2 Å². The fourth-order valence-electron chi connectivity index (χ4n) is 5.87. The fourth-order valence-corrected chi connectivity index (χ4v) is 5.87. The molecule has 0 saturated carbocycles. The molecule has 0 unspecified atom stereocenters. The lowest BCUT2D eigenvalue weighted by Crippen LogP contribution is -2.30. The maximum Gasteiger partial charge on any atom is 0.137 e. The summed E-state index contributed by atoms with van der Waals surface area (Å²) in [5.74, 6) is 2.50. The first-order valence-corrected chi connectivity index (χ1v) is 13.3. The lowest BCUT2D eigenvalue weighted by Gasteiger charge is -2.28. The van der Waals surface area contributed by atoms with Crippen molar-refractivity contribution in [2.75, 3.05) is 12.1 Å². The largest absolute Gasteiger partial charge is 0.457 e. The van der Waals surface area contributed by atoms with Gasteiger partial charge in [0.05, 0.1) is 22.4 Å². The predicted molar refractivity (Wildman–Crippen MR) is 159 cm³/mol. The Kier molecular flexibility index (Phi) is 5.34. The molecule has 0 atom stereocenters. The molecule has 3 heterocycles. The SMILES string of the molecule is Cc1ccnc(-n2c3cc(Oc4cccc(N5C=C6CC=CC=C6N5C)c4)ccc3c3cc(C)cc(C)c32)c1. The molecule has 5 nitrogen and oxygen atoms in total. The number of likely N-dealkylation sites (N-methyl/N-ethyl adjacent to an activating group) is 1.